The number of hydrogen-bond donors (Lipinski definition) is 0. The van der Waals surface area contributed by atoms with Gasteiger partial charge in [-0.2, -0.15) is 0 Å². The van der Waals surface area contributed by atoms with Gasteiger partial charge in [0.05, 0.1) is 6.54 Å². The molecular formula is C16H19ClN2O2. The Balaban J connectivity index is 2.53. The van der Waals surface area contributed by atoms with E-state index in [-0.39, 0.29) is 11.2 Å². The van der Waals surface area contributed by atoms with E-state index in [9.17, 15) is 9.59 Å². The van der Waals surface area contributed by atoms with Crippen molar-refractivity contribution in [1.29, 1.82) is 0 Å². The minimum atomic E-state index is -0.267. The van der Waals surface area contributed by atoms with Crippen LogP contribution in [-0.4, -0.2) is 15.0 Å². The highest BCUT2D eigenvalue weighted by Gasteiger charge is 2.13. The Morgan fingerprint density at radius 1 is 1.05 bits per heavy atom. The minimum Gasteiger partial charge on any atom is -0.298 e. The highest BCUT2D eigenvalue weighted by Crippen LogP contribution is 2.03. The van der Waals surface area contributed by atoms with Gasteiger partial charge in [0.25, 0.3) is 5.56 Å². The van der Waals surface area contributed by atoms with Gasteiger partial charge in [-0.15, -0.1) is 11.6 Å². The first-order chi connectivity index (χ1) is 10.1. The van der Waals surface area contributed by atoms with Crippen LogP contribution in [0.25, 0.3) is 0 Å². The molecule has 0 unspecified atom stereocenters. The molecule has 2 rings (SSSR count). The first kappa shape index (κ1) is 15.6. The molecule has 0 aliphatic rings. The summed E-state index contributed by atoms with van der Waals surface area (Å²) in [7, 11) is 0. The van der Waals surface area contributed by atoms with Gasteiger partial charge in [-0.1, -0.05) is 30.3 Å². The van der Waals surface area contributed by atoms with Crippen LogP contribution in [0, 0.1) is 13.8 Å². The number of benzene rings is 1. The molecule has 0 radical (unpaired) electrons. The Morgan fingerprint density at radius 3 is 2.33 bits per heavy atom. The van der Waals surface area contributed by atoms with Gasteiger partial charge in [0.2, 0.25) is 0 Å². The first-order valence-corrected chi connectivity index (χ1v) is 7.50. The monoisotopic (exact) mass is 306 g/mol. The van der Waals surface area contributed by atoms with Crippen molar-refractivity contribution >= 4 is 11.6 Å². The first-order valence-electron chi connectivity index (χ1n) is 6.97. The number of aromatic nitrogens is 2. The topological polar surface area (TPSA) is 44.0 Å². The predicted octanol–water partition coefficient (Wildman–Crippen LogP) is 2.30. The SMILES string of the molecule is Cc1c(C)n(CCCCl)c(=O)n(Cc2ccccc2)c1=O. The van der Waals surface area contributed by atoms with Crippen LogP contribution < -0.4 is 11.2 Å². The van der Waals surface area contributed by atoms with E-state index in [4.69, 9.17) is 11.6 Å². The summed E-state index contributed by atoms with van der Waals surface area (Å²) >= 11 is 5.71. The van der Waals surface area contributed by atoms with Gasteiger partial charge in [0, 0.05) is 23.7 Å². The van der Waals surface area contributed by atoms with Gasteiger partial charge in [-0.25, -0.2) is 4.79 Å². The van der Waals surface area contributed by atoms with E-state index < -0.39 is 0 Å². The maximum atomic E-state index is 12.6. The van der Waals surface area contributed by atoms with Crippen molar-refractivity contribution in [3.8, 4) is 0 Å². The fraction of sp³-hybridized carbons (Fsp3) is 0.375. The van der Waals surface area contributed by atoms with Crippen LogP contribution in [0.5, 0.6) is 0 Å². The molecule has 0 saturated heterocycles. The third-order valence-corrected chi connectivity index (χ3v) is 3.94. The molecule has 1 aromatic carbocycles. The minimum absolute atomic E-state index is 0.219. The summed E-state index contributed by atoms with van der Waals surface area (Å²) in [5.74, 6) is 0.489. The smallest absolute Gasteiger partial charge is 0.298 e. The predicted molar refractivity (Wildman–Crippen MR) is 85.3 cm³/mol. The Kier molecular flexibility index (Phi) is 5.02. The van der Waals surface area contributed by atoms with E-state index in [1.165, 1.54) is 4.57 Å². The summed E-state index contributed by atoms with van der Waals surface area (Å²) in [5, 5.41) is 0. The Morgan fingerprint density at radius 2 is 1.71 bits per heavy atom. The van der Waals surface area contributed by atoms with Crippen LogP contribution in [0.15, 0.2) is 39.9 Å². The molecule has 5 heteroatoms. The molecule has 0 amide bonds. The van der Waals surface area contributed by atoms with Crippen molar-refractivity contribution in [3.05, 3.63) is 68.0 Å². The molecule has 4 nitrogen and oxygen atoms in total. The zero-order chi connectivity index (χ0) is 15.4. The number of hydrogen-bond acceptors (Lipinski definition) is 2. The lowest BCUT2D eigenvalue weighted by Gasteiger charge is -2.15. The maximum absolute atomic E-state index is 12.6. The van der Waals surface area contributed by atoms with Crippen LogP contribution in [0.4, 0.5) is 0 Å². The molecular weight excluding hydrogens is 288 g/mol. The van der Waals surface area contributed by atoms with Gasteiger partial charge >= 0.3 is 5.69 Å². The normalized spacial score (nSPS) is 10.8. The third kappa shape index (κ3) is 3.27. The van der Waals surface area contributed by atoms with Crippen molar-refractivity contribution in [2.24, 2.45) is 0 Å². The van der Waals surface area contributed by atoms with E-state index in [1.54, 1.807) is 18.4 Å². The van der Waals surface area contributed by atoms with Gasteiger partial charge in [-0.05, 0) is 25.8 Å². The van der Waals surface area contributed by atoms with E-state index in [2.05, 4.69) is 0 Å². The lowest BCUT2D eigenvalue weighted by atomic mass is 10.2. The molecule has 0 spiro atoms. The fourth-order valence-electron chi connectivity index (χ4n) is 2.32. The van der Waals surface area contributed by atoms with Crippen molar-refractivity contribution in [3.63, 3.8) is 0 Å². The third-order valence-electron chi connectivity index (χ3n) is 3.67. The molecule has 112 valence electrons. The number of alkyl halides is 1. The molecule has 0 aliphatic heterocycles. The summed E-state index contributed by atoms with van der Waals surface area (Å²) < 4.78 is 2.94. The van der Waals surface area contributed by atoms with Crippen LogP contribution in [0.2, 0.25) is 0 Å². The standard InChI is InChI=1S/C16H19ClN2O2/c1-12-13(2)18(10-6-9-17)16(21)19(15(12)20)11-14-7-4-3-5-8-14/h3-5,7-8H,6,9-11H2,1-2H3. The van der Waals surface area contributed by atoms with E-state index in [0.29, 0.717) is 31.0 Å². The van der Waals surface area contributed by atoms with Gasteiger partial charge in [0.1, 0.15) is 0 Å². The van der Waals surface area contributed by atoms with Crippen LogP contribution in [0.3, 0.4) is 0 Å². The van der Waals surface area contributed by atoms with Gasteiger partial charge in [-0.3, -0.25) is 13.9 Å². The average Bonchev–Trinajstić information content (AvgIpc) is 2.51. The molecule has 0 N–H and O–H groups in total. The Hall–Kier alpha value is -1.81. The second-order valence-corrected chi connectivity index (χ2v) is 5.44. The van der Waals surface area contributed by atoms with Crippen LogP contribution in [0.1, 0.15) is 23.2 Å². The quantitative estimate of drug-likeness (QED) is 0.796. The molecule has 0 fully saturated rings. The van der Waals surface area contributed by atoms with E-state index in [1.807, 2.05) is 30.3 Å². The maximum Gasteiger partial charge on any atom is 0.331 e. The van der Waals surface area contributed by atoms with Crippen LogP contribution >= 0.6 is 11.6 Å². The average molecular weight is 307 g/mol. The second-order valence-electron chi connectivity index (χ2n) is 5.06. The lowest BCUT2D eigenvalue weighted by Crippen LogP contribution is -2.42. The molecule has 0 saturated carbocycles. The number of nitrogens with zero attached hydrogens (tertiary/aromatic N) is 2. The summed E-state index contributed by atoms with van der Waals surface area (Å²) in [6.07, 6.45) is 0.700. The van der Waals surface area contributed by atoms with Crippen molar-refractivity contribution in [1.82, 2.24) is 9.13 Å². The molecule has 0 bridgehead atoms. The lowest BCUT2D eigenvalue weighted by molar-refractivity contribution is 0.552. The zero-order valence-corrected chi connectivity index (χ0v) is 13.1. The van der Waals surface area contributed by atoms with Crippen molar-refractivity contribution in [2.45, 2.75) is 33.4 Å². The molecule has 1 heterocycles. The summed E-state index contributed by atoms with van der Waals surface area (Å²) in [6, 6.07) is 9.51. The van der Waals surface area contributed by atoms with E-state index in [0.717, 1.165) is 11.3 Å². The van der Waals surface area contributed by atoms with E-state index >= 15 is 0 Å². The summed E-state index contributed by atoms with van der Waals surface area (Å²) in [5.41, 5.74) is 1.78. The molecule has 0 atom stereocenters. The molecule has 0 aliphatic carbocycles. The number of halogens is 1. The molecule has 21 heavy (non-hydrogen) atoms. The highest BCUT2D eigenvalue weighted by atomic mass is 35.5. The van der Waals surface area contributed by atoms with Crippen molar-refractivity contribution in [2.75, 3.05) is 5.88 Å². The summed E-state index contributed by atoms with van der Waals surface area (Å²) in [4.78, 5) is 24.9. The van der Waals surface area contributed by atoms with Crippen LogP contribution in [-0.2, 0) is 13.1 Å². The summed E-state index contributed by atoms with van der Waals surface area (Å²) in [6.45, 7) is 4.39. The van der Waals surface area contributed by atoms with Crippen molar-refractivity contribution < 1.29 is 0 Å². The highest BCUT2D eigenvalue weighted by molar-refractivity contribution is 6.17. The number of rotatable bonds is 5. The molecule has 2 aromatic rings. The fourth-order valence-corrected chi connectivity index (χ4v) is 2.44. The van der Waals surface area contributed by atoms with Gasteiger partial charge < -0.3 is 0 Å². The Bertz CT molecular complexity index is 732. The second kappa shape index (κ2) is 6.76. The van der Waals surface area contributed by atoms with Gasteiger partial charge in [0.15, 0.2) is 0 Å². The zero-order valence-electron chi connectivity index (χ0n) is 12.3. The Labute approximate surface area is 128 Å². The largest absolute Gasteiger partial charge is 0.331 e. The molecule has 1 aromatic heterocycles.